The number of aryl methyl sites for hydroxylation is 3. The van der Waals surface area contributed by atoms with Crippen LogP contribution in [0.5, 0.6) is 0 Å². The Hall–Kier alpha value is -1.99. The lowest BCUT2D eigenvalue weighted by molar-refractivity contribution is 0.908. The topological polar surface area (TPSA) is 81.7 Å². The van der Waals surface area contributed by atoms with E-state index in [9.17, 15) is 0 Å². The van der Waals surface area contributed by atoms with Crippen molar-refractivity contribution in [1.82, 2.24) is 19.5 Å². The van der Waals surface area contributed by atoms with E-state index >= 15 is 0 Å². The van der Waals surface area contributed by atoms with Crippen LogP contribution in [0.1, 0.15) is 16.9 Å². The second kappa shape index (κ2) is 4.26. The van der Waals surface area contributed by atoms with E-state index in [1.807, 2.05) is 17.8 Å². The van der Waals surface area contributed by atoms with Crippen LogP contribution in [-0.4, -0.2) is 19.5 Å². The maximum Gasteiger partial charge on any atom is 0.199 e. The van der Waals surface area contributed by atoms with Crippen LogP contribution in [0.2, 0.25) is 0 Å². The summed E-state index contributed by atoms with van der Waals surface area (Å²) in [5, 5.41) is 1.09. The van der Waals surface area contributed by atoms with Gasteiger partial charge in [-0.15, -0.1) is 11.3 Å². The van der Waals surface area contributed by atoms with Crippen LogP contribution >= 0.6 is 11.3 Å². The van der Waals surface area contributed by atoms with Crippen molar-refractivity contribution in [3.05, 3.63) is 22.8 Å². The van der Waals surface area contributed by atoms with Gasteiger partial charge in [-0.05, 0) is 24.8 Å². The number of imidazole rings is 1. The predicted octanol–water partition coefficient (Wildman–Crippen LogP) is 1.87. The molecule has 102 valence electrons. The summed E-state index contributed by atoms with van der Waals surface area (Å²) >= 11 is 1.75. The number of rotatable bonds is 2. The second-order valence-corrected chi connectivity index (χ2v) is 6.02. The molecule has 0 aliphatic heterocycles. The zero-order valence-corrected chi connectivity index (χ0v) is 11.9. The molecule has 4 rings (SSSR count). The van der Waals surface area contributed by atoms with Gasteiger partial charge >= 0.3 is 0 Å². The van der Waals surface area contributed by atoms with Gasteiger partial charge in [0.2, 0.25) is 0 Å². The highest BCUT2D eigenvalue weighted by Crippen LogP contribution is 2.39. The molecule has 7 heteroatoms. The minimum Gasteiger partial charge on any atom is -0.331 e. The Morgan fingerprint density at radius 3 is 3.00 bits per heavy atom. The van der Waals surface area contributed by atoms with Crippen molar-refractivity contribution < 1.29 is 0 Å². The van der Waals surface area contributed by atoms with Gasteiger partial charge in [0, 0.05) is 24.3 Å². The SMILES string of the molecule is Cn1ccnc1-c1nc(NN)c2c3c(sc2n1)CCC3. The molecule has 0 aromatic carbocycles. The summed E-state index contributed by atoms with van der Waals surface area (Å²) in [6.07, 6.45) is 7.06. The van der Waals surface area contributed by atoms with Crippen molar-refractivity contribution in [1.29, 1.82) is 0 Å². The van der Waals surface area contributed by atoms with E-state index in [2.05, 4.69) is 20.4 Å². The van der Waals surface area contributed by atoms with Crippen molar-refractivity contribution in [2.45, 2.75) is 19.3 Å². The fraction of sp³-hybridized carbons (Fsp3) is 0.308. The number of hydrogen-bond acceptors (Lipinski definition) is 6. The van der Waals surface area contributed by atoms with Gasteiger partial charge in [-0.1, -0.05) is 0 Å². The molecular weight excluding hydrogens is 272 g/mol. The molecule has 0 saturated carbocycles. The zero-order chi connectivity index (χ0) is 13.7. The lowest BCUT2D eigenvalue weighted by Gasteiger charge is -2.06. The summed E-state index contributed by atoms with van der Waals surface area (Å²) in [7, 11) is 1.93. The van der Waals surface area contributed by atoms with Gasteiger partial charge in [-0.3, -0.25) is 0 Å². The van der Waals surface area contributed by atoms with Crippen molar-refractivity contribution >= 4 is 27.4 Å². The highest BCUT2D eigenvalue weighted by atomic mass is 32.1. The standard InChI is InChI=1S/C13H14N6S/c1-19-6-5-15-12(19)11-16-10(18-14)9-7-3-2-4-8(7)20-13(9)17-11/h5-6H,2-4,14H2,1H3,(H,16,17,18). The molecule has 1 aliphatic rings. The van der Waals surface area contributed by atoms with Crippen molar-refractivity contribution in [3.63, 3.8) is 0 Å². The molecule has 1 aliphatic carbocycles. The van der Waals surface area contributed by atoms with E-state index in [1.54, 1.807) is 17.5 Å². The predicted molar refractivity (Wildman–Crippen MR) is 79.5 cm³/mol. The van der Waals surface area contributed by atoms with Gasteiger partial charge in [0.25, 0.3) is 0 Å². The number of aromatic nitrogens is 4. The molecule has 0 saturated heterocycles. The van der Waals surface area contributed by atoms with Crippen LogP contribution < -0.4 is 11.3 Å². The van der Waals surface area contributed by atoms with E-state index < -0.39 is 0 Å². The van der Waals surface area contributed by atoms with Gasteiger partial charge in [-0.25, -0.2) is 20.8 Å². The Morgan fingerprint density at radius 2 is 2.25 bits per heavy atom. The maximum atomic E-state index is 5.67. The second-order valence-electron chi connectivity index (χ2n) is 4.94. The first-order chi connectivity index (χ1) is 9.78. The summed E-state index contributed by atoms with van der Waals surface area (Å²) in [5.41, 5.74) is 4.09. The fourth-order valence-corrected chi connectivity index (χ4v) is 4.04. The molecule has 0 amide bonds. The number of fused-ring (bicyclic) bond motifs is 3. The van der Waals surface area contributed by atoms with Crippen molar-refractivity contribution in [2.75, 3.05) is 5.43 Å². The molecule has 3 N–H and O–H groups in total. The Kier molecular flexibility index (Phi) is 2.51. The number of nitrogens with zero attached hydrogens (tertiary/aromatic N) is 4. The monoisotopic (exact) mass is 286 g/mol. The number of hydrazine groups is 1. The first-order valence-corrected chi connectivity index (χ1v) is 7.36. The number of thiophene rings is 1. The molecule has 3 aromatic rings. The number of nitrogens with one attached hydrogen (secondary N) is 1. The smallest absolute Gasteiger partial charge is 0.199 e. The lowest BCUT2D eigenvalue weighted by Crippen LogP contribution is -2.11. The van der Waals surface area contributed by atoms with E-state index in [4.69, 9.17) is 5.84 Å². The van der Waals surface area contributed by atoms with Gasteiger partial charge in [0.15, 0.2) is 17.5 Å². The Morgan fingerprint density at radius 1 is 1.35 bits per heavy atom. The summed E-state index contributed by atoms with van der Waals surface area (Å²) in [6, 6.07) is 0. The minimum atomic E-state index is 0.609. The minimum absolute atomic E-state index is 0.609. The first kappa shape index (κ1) is 11.8. The zero-order valence-electron chi connectivity index (χ0n) is 11.1. The lowest BCUT2D eigenvalue weighted by atomic mass is 10.2. The normalized spacial score (nSPS) is 13.9. The quantitative estimate of drug-likeness (QED) is 0.555. The number of nitrogen functional groups attached to an aromatic ring is 1. The number of nitrogens with two attached hydrogens (primary N) is 1. The van der Waals surface area contributed by atoms with Gasteiger partial charge < -0.3 is 9.99 Å². The van der Waals surface area contributed by atoms with Crippen LogP contribution in [0.25, 0.3) is 21.9 Å². The highest BCUT2D eigenvalue weighted by Gasteiger charge is 2.23. The van der Waals surface area contributed by atoms with E-state index in [0.717, 1.165) is 28.9 Å². The first-order valence-electron chi connectivity index (χ1n) is 6.54. The molecule has 0 fully saturated rings. The molecule has 20 heavy (non-hydrogen) atoms. The average Bonchev–Trinajstić information content (AvgIpc) is 3.12. The molecule has 0 spiro atoms. The molecule has 0 atom stereocenters. The third-order valence-electron chi connectivity index (χ3n) is 3.72. The highest BCUT2D eigenvalue weighted by molar-refractivity contribution is 7.19. The van der Waals surface area contributed by atoms with Crippen molar-refractivity contribution in [2.24, 2.45) is 12.9 Å². The Labute approximate surface area is 119 Å². The number of anilines is 1. The molecular formula is C13H14N6S. The van der Waals surface area contributed by atoms with Crippen LogP contribution in [-0.2, 0) is 19.9 Å². The van der Waals surface area contributed by atoms with Gasteiger partial charge in [-0.2, -0.15) is 0 Å². The van der Waals surface area contributed by atoms with Crippen LogP contribution in [0, 0.1) is 0 Å². The summed E-state index contributed by atoms with van der Waals surface area (Å²) in [5.74, 6) is 7.72. The number of hydrogen-bond donors (Lipinski definition) is 2. The fourth-order valence-electron chi connectivity index (χ4n) is 2.78. The Bertz CT molecular complexity index is 803. The van der Waals surface area contributed by atoms with E-state index in [-0.39, 0.29) is 0 Å². The average molecular weight is 286 g/mol. The van der Waals surface area contributed by atoms with Crippen LogP contribution in [0.4, 0.5) is 5.82 Å². The van der Waals surface area contributed by atoms with E-state index in [1.165, 1.54) is 16.9 Å². The van der Waals surface area contributed by atoms with Gasteiger partial charge in [0.1, 0.15) is 4.83 Å². The molecule has 0 bridgehead atoms. The third-order valence-corrected chi connectivity index (χ3v) is 4.91. The van der Waals surface area contributed by atoms with E-state index in [0.29, 0.717) is 11.6 Å². The molecule has 0 unspecified atom stereocenters. The summed E-state index contributed by atoms with van der Waals surface area (Å²) in [4.78, 5) is 15.9. The Balaban J connectivity index is 2.00. The van der Waals surface area contributed by atoms with Crippen LogP contribution in [0.3, 0.4) is 0 Å². The van der Waals surface area contributed by atoms with Crippen LogP contribution in [0.15, 0.2) is 12.4 Å². The maximum absolute atomic E-state index is 5.67. The van der Waals surface area contributed by atoms with Crippen molar-refractivity contribution in [3.8, 4) is 11.6 Å². The molecule has 0 radical (unpaired) electrons. The largest absolute Gasteiger partial charge is 0.331 e. The summed E-state index contributed by atoms with van der Waals surface area (Å²) in [6.45, 7) is 0. The third kappa shape index (κ3) is 1.56. The molecule has 3 aromatic heterocycles. The van der Waals surface area contributed by atoms with Gasteiger partial charge in [0.05, 0.1) is 5.39 Å². The molecule has 6 nitrogen and oxygen atoms in total. The molecule has 3 heterocycles. The summed E-state index contributed by atoms with van der Waals surface area (Å²) < 4.78 is 1.91.